The summed E-state index contributed by atoms with van der Waals surface area (Å²) in [4.78, 5) is 0.161. The predicted octanol–water partition coefficient (Wildman–Crippen LogP) is 1.76. The lowest BCUT2D eigenvalue weighted by Crippen LogP contribution is -2.29. The molecule has 9 heteroatoms. The van der Waals surface area contributed by atoms with Crippen LogP contribution in [0.15, 0.2) is 52.3 Å². The second-order valence-corrected chi connectivity index (χ2v) is 9.34. The highest BCUT2D eigenvalue weighted by atomic mass is 32.2. The Bertz CT molecular complexity index is 984. The molecular formula is C17H21NO6S2. The molecule has 0 aromatic heterocycles. The molecule has 0 bridgehead atoms. The van der Waals surface area contributed by atoms with Gasteiger partial charge in [-0.15, -0.1) is 0 Å². The van der Waals surface area contributed by atoms with E-state index < -0.39 is 19.9 Å². The van der Waals surface area contributed by atoms with Crippen molar-refractivity contribution >= 4 is 19.9 Å². The summed E-state index contributed by atoms with van der Waals surface area (Å²) in [5.74, 6) is 0.314. The Balaban J connectivity index is 2.13. The van der Waals surface area contributed by atoms with Crippen molar-refractivity contribution < 1.29 is 26.3 Å². The average Bonchev–Trinajstić information content (AvgIpc) is 2.60. The highest BCUT2D eigenvalue weighted by Gasteiger charge is 2.20. The van der Waals surface area contributed by atoms with E-state index in [1.165, 1.54) is 38.5 Å². The molecule has 0 heterocycles. The van der Waals surface area contributed by atoms with Crippen LogP contribution in [0.1, 0.15) is 5.56 Å². The molecule has 0 atom stereocenters. The molecule has 0 radical (unpaired) electrons. The maximum absolute atomic E-state index is 12.5. The van der Waals surface area contributed by atoms with Crippen molar-refractivity contribution in [2.24, 2.45) is 0 Å². The molecule has 0 fully saturated rings. The minimum atomic E-state index is -3.78. The highest BCUT2D eigenvalue weighted by Crippen LogP contribution is 2.29. The van der Waals surface area contributed by atoms with Crippen LogP contribution in [0.25, 0.3) is 0 Å². The molecule has 0 spiro atoms. The van der Waals surface area contributed by atoms with Crippen LogP contribution >= 0.6 is 0 Å². The first kappa shape index (κ1) is 20.2. The summed E-state index contributed by atoms with van der Waals surface area (Å²) in [6.07, 6.45) is 0. The molecule has 1 N–H and O–H groups in total. The van der Waals surface area contributed by atoms with Crippen molar-refractivity contribution in [1.29, 1.82) is 0 Å². The lowest BCUT2D eigenvalue weighted by molar-refractivity contribution is 0.354. The highest BCUT2D eigenvalue weighted by molar-refractivity contribution is 7.91. The molecule has 0 aliphatic heterocycles. The van der Waals surface area contributed by atoms with Gasteiger partial charge in [-0.05, 0) is 30.7 Å². The number of hydrogen-bond donors (Lipinski definition) is 1. The number of rotatable bonds is 8. The van der Waals surface area contributed by atoms with Gasteiger partial charge < -0.3 is 9.47 Å². The average molecular weight is 399 g/mol. The Labute approximate surface area is 153 Å². The van der Waals surface area contributed by atoms with Crippen LogP contribution in [0.4, 0.5) is 0 Å². The zero-order valence-electron chi connectivity index (χ0n) is 14.7. The van der Waals surface area contributed by atoms with Crippen LogP contribution in [0.3, 0.4) is 0 Å². The molecule has 2 rings (SSSR count). The molecule has 2 aromatic carbocycles. The van der Waals surface area contributed by atoms with Crippen molar-refractivity contribution in [3.05, 3.63) is 48.0 Å². The lowest BCUT2D eigenvalue weighted by Gasteiger charge is -2.11. The first-order valence-corrected chi connectivity index (χ1v) is 10.8. The molecule has 0 unspecified atom stereocenters. The maximum atomic E-state index is 12.5. The van der Waals surface area contributed by atoms with E-state index in [9.17, 15) is 16.8 Å². The monoisotopic (exact) mass is 399 g/mol. The zero-order valence-corrected chi connectivity index (χ0v) is 16.4. The van der Waals surface area contributed by atoms with Gasteiger partial charge in [0.15, 0.2) is 21.3 Å². The smallest absolute Gasteiger partial charge is 0.240 e. The first-order chi connectivity index (χ1) is 12.2. The zero-order chi connectivity index (χ0) is 19.4. The summed E-state index contributed by atoms with van der Waals surface area (Å²) >= 11 is 0. The van der Waals surface area contributed by atoms with Gasteiger partial charge in [0, 0.05) is 12.6 Å². The molecule has 0 aliphatic carbocycles. The molecule has 0 saturated heterocycles. The molecule has 142 valence electrons. The van der Waals surface area contributed by atoms with Gasteiger partial charge in [0.25, 0.3) is 0 Å². The van der Waals surface area contributed by atoms with E-state index >= 15 is 0 Å². The van der Waals surface area contributed by atoms with Gasteiger partial charge in [0.1, 0.15) is 0 Å². The second-order valence-electron chi connectivity index (χ2n) is 5.50. The number of ether oxygens (including phenoxy) is 2. The van der Waals surface area contributed by atoms with Crippen molar-refractivity contribution in [3.8, 4) is 11.5 Å². The fourth-order valence-electron chi connectivity index (χ4n) is 2.37. The van der Waals surface area contributed by atoms with E-state index in [-0.39, 0.29) is 27.8 Å². The van der Waals surface area contributed by atoms with Crippen LogP contribution < -0.4 is 14.2 Å². The van der Waals surface area contributed by atoms with E-state index in [2.05, 4.69) is 4.72 Å². The third-order valence-corrected chi connectivity index (χ3v) is 7.10. The Morgan fingerprint density at radius 2 is 1.58 bits per heavy atom. The lowest BCUT2D eigenvalue weighted by atomic mass is 10.2. The van der Waals surface area contributed by atoms with Crippen LogP contribution in [0.5, 0.6) is 11.5 Å². The minimum absolute atomic E-state index is 0.0326. The summed E-state index contributed by atoms with van der Waals surface area (Å²) in [6, 6.07) is 10.7. The number of hydrogen-bond acceptors (Lipinski definition) is 6. The SMILES string of the molecule is COc1ccc(S(=O)(=O)CCNS(=O)(=O)c2ccccc2C)cc1OC. The molecule has 26 heavy (non-hydrogen) atoms. The number of aryl methyl sites for hydroxylation is 1. The van der Waals surface area contributed by atoms with E-state index in [1.54, 1.807) is 25.1 Å². The molecule has 2 aromatic rings. The van der Waals surface area contributed by atoms with Crippen molar-refractivity contribution in [1.82, 2.24) is 4.72 Å². The van der Waals surface area contributed by atoms with Gasteiger partial charge in [-0.3, -0.25) is 0 Å². The van der Waals surface area contributed by atoms with Crippen molar-refractivity contribution in [2.75, 3.05) is 26.5 Å². The Hall–Kier alpha value is -2.10. The van der Waals surface area contributed by atoms with Gasteiger partial charge in [0.2, 0.25) is 10.0 Å². The quantitative estimate of drug-likeness (QED) is 0.726. The van der Waals surface area contributed by atoms with Gasteiger partial charge >= 0.3 is 0 Å². The number of sulfone groups is 1. The van der Waals surface area contributed by atoms with E-state index in [0.717, 1.165) is 0 Å². The largest absolute Gasteiger partial charge is 0.493 e. The standard InChI is InChI=1S/C17H21NO6S2/c1-13-6-4-5-7-17(13)26(21,22)18-10-11-25(19,20)14-8-9-15(23-2)16(12-14)24-3/h4-9,12,18H,10-11H2,1-3H3. The van der Waals surface area contributed by atoms with Crippen LogP contribution in [0, 0.1) is 6.92 Å². The third-order valence-electron chi connectivity index (χ3n) is 3.76. The first-order valence-electron chi connectivity index (χ1n) is 7.71. The van der Waals surface area contributed by atoms with E-state index in [0.29, 0.717) is 11.3 Å². The number of benzene rings is 2. The number of nitrogens with one attached hydrogen (secondary N) is 1. The van der Waals surface area contributed by atoms with Gasteiger partial charge in [-0.1, -0.05) is 18.2 Å². The fourth-order valence-corrected chi connectivity index (χ4v) is 4.95. The Morgan fingerprint density at radius 1 is 0.923 bits per heavy atom. The van der Waals surface area contributed by atoms with Gasteiger partial charge in [0.05, 0.1) is 29.8 Å². The number of sulfonamides is 1. The third kappa shape index (κ3) is 4.54. The second kappa shape index (κ2) is 8.07. The minimum Gasteiger partial charge on any atom is -0.493 e. The summed E-state index contributed by atoms with van der Waals surface area (Å²) in [7, 11) is -4.62. The predicted molar refractivity (Wildman–Crippen MR) is 98.0 cm³/mol. The van der Waals surface area contributed by atoms with E-state index in [1.807, 2.05) is 0 Å². The Kier molecular flexibility index (Phi) is 6.27. The molecule has 7 nitrogen and oxygen atoms in total. The van der Waals surface area contributed by atoms with Crippen LogP contribution in [-0.4, -0.2) is 43.4 Å². The topological polar surface area (TPSA) is 98.8 Å². The Morgan fingerprint density at radius 3 is 2.19 bits per heavy atom. The van der Waals surface area contributed by atoms with Crippen molar-refractivity contribution in [3.63, 3.8) is 0 Å². The summed E-state index contributed by atoms with van der Waals surface area (Å²) < 4.78 is 62.1. The molecular weight excluding hydrogens is 378 g/mol. The normalized spacial score (nSPS) is 12.0. The van der Waals surface area contributed by atoms with E-state index in [4.69, 9.17) is 9.47 Å². The van der Waals surface area contributed by atoms with Crippen LogP contribution in [0.2, 0.25) is 0 Å². The van der Waals surface area contributed by atoms with Gasteiger partial charge in [-0.25, -0.2) is 21.6 Å². The van der Waals surface area contributed by atoms with Crippen LogP contribution in [-0.2, 0) is 19.9 Å². The number of methoxy groups -OCH3 is 2. The molecule has 0 amide bonds. The molecule has 0 saturated carbocycles. The molecule has 0 aliphatic rings. The fraction of sp³-hybridized carbons (Fsp3) is 0.294. The summed E-state index contributed by atoms with van der Waals surface area (Å²) in [6.45, 7) is 1.43. The maximum Gasteiger partial charge on any atom is 0.240 e. The van der Waals surface area contributed by atoms with Crippen molar-refractivity contribution in [2.45, 2.75) is 16.7 Å². The van der Waals surface area contributed by atoms with Gasteiger partial charge in [-0.2, -0.15) is 0 Å². The summed E-state index contributed by atoms with van der Waals surface area (Å²) in [5.41, 5.74) is 0.586. The summed E-state index contributed by atoms with van der Waals surface area (Å²) in [5, 5.41) is 0.